The van der Waals surface area contributed by atoms with Gasteiger partial charge in [-0.1, -0.05) is 206 Å². The molecule has 14 aromatic rings. The standard InChI is InChI=1S/C78H52N6/c1-5-24-51(25-6-1)59-34-16-21-42-69(59)82(55-29-9-3-10-30-55)58-45-47-72-65(50-58)73-74(63-38-15-20-41-68(63)78(73)66-39-18-13-35-60(66)61-36-14-19-40-67(61)78)84(72)57-33-23-28-53(48-57)76-79-75(52-26-7-2-8-27-52)80-77(81-76)54-44-46-71-64(49-54)62-37-17-22-43-70(62)83(71)56-31-11-4-12-32-56/h1-19,21-40,42-50H,20,41H2. The Hall–Kier alpha value is -11.0. The van der Waals surface area contributed by atoms with Crippen molar-refractivity contribution in [1.82, 2.24) is 24.1 Å². The summed E-state index contributed by atoms with van der Waals surface area (Å²) in [5.41, 5.74) is 23.9. The summed E-state index contributed by atoms with van der Waals surface area (Å²) in [7, 11) is 0. The van der Waals surface area contributed by atoms with Crippen LogP contribution in [0.15, 0.2) is 297 Å². The molecule has 0 bridgehead atoms. The minimum Gasteiger partial charge on any atom is -0.310 e. The second-order valence-electron chi connectivity index (χ2n) is 22.1. The second kappa shape index (κ2) is 19.1. The van der Waals surface area contributed by atoms with Gasteiger partial charge < -0.3 is 14.0 Å². The van der Waals surface area contributed by atoms with E-state index in [-0.39, 0.29) is 0 Å². The number of hydrogen-bond donors (Lipinski definition) is 0. The number of allylic oxidation sites excluding steroid dienone is 4. The zero-order valence-corrected chi connectivity index (χ0v) is 45.8. The average Bonchev–Trinajstić information content (AvgIpc) is 1.75. The van der Waals surface area contributed by atoms with E-state index in [2.05, 4.69) is 287 Å². The Morgan fingerprint density at radius 2 is 0.917 bits per heavy atom. The summed E-state index contributed by atoms with van der Waals surface area (Å²) >= 11 is 0. The molecule has 3 aliphatic rings. The van der Waals surface area contributed by atoms with Gasteiger partial charge in [0.15, 0.2) is 17.5 Å². The molecule has 0 radical (unpaired) electrons. The summed E-state index contributed by atoms with van der Waals surface area (Å²) in [6.45, 7) is 0. The first-order valence-corrected chi connectivity index (χ1v) is 29.0. The first kappa shape index (κ1) is 47.8. The van der Waals surface area contributed by atoms with Crippen LogP contribution in [0.25, 0.3) is 106 Å². The molecule has 394 valence electrons. The SMILES string of the molecule is C1=CC2=C(CC1)C1(c3ccccc3-c3ccccc31)c1c2n(-c2cccc(-c3nc(-c4ccccc4)nc(-c4ccc5c(c4)c4ccccc4n5-c4ccccc4)n3)c2)c2ccc(N(c3ccccc3)c3ccccc3-c3ccccc3)cc12. The molecule has 0 saturated heterocycles. The fourth-order valence-electron chi connectivity index (χ4n) is 14.2. The summed E-state index contributed by atoms with van der Waals surface area (Å²) in [5.74, 6) is 1.83. The molecule has 11 aromatic carbocycles. The number of benzene rings is 11. The Morgan fingerprint density at radius 3 is 1.65 bits per heavy atom. The monoisotopic (exact) mass is 1070 g/mol. The van der Waals surface area contributed by atoms with E-state index in [0.29, 0.717) is 17.5 Å². The molecular formula is C78H52N6. The number of nitrogens with zero attached hydrogens (tertiary/aromatic N) is 6. The molecule has 0 atom stereocenters. The van der Waals surface area contributed by atoms with Crippen molar-refractivity contribution in [1.29, 1.82) is 0 Å². The summed E-state index contributed by atoms with van der Waals surface area (Å²) in [6, 6.07) is 101. The van der Waals surface area contributed by atoms with Crippen molar-refractivity contribution >= 4 is 55.3 Å². The minimum absolute atomic E-state index is 0.538. The lowest BCUT2D eigenvalue weighted by Crippen LogP contribution is -2.27. The Labute approximate surface area is 486 Å². The summed E-state index contributed by atoms with van der Waals surface area (Å²) in [4.78, 5) is 18.5. The first-order chi connectivity index (χ1) is 41.7. The van der Waals surface area contributed by atoms with Crippen LogP contribution in [0.5, 0.6) is 0 Å². The van der Waals surface area contributed by atoms with Crippen LogP contribution in [-0.2, 0) is 5.41 Å². The van der Waals surface area contributed by atoms with Gasteiger partial charge in [-0.05, 0) is 137 Å². The van der Waals surface area contributed by atoms with E-state index in [1.54, 1.807) is 0 Å². The molecule has 17 rings (SSSR count). The van der Waals surface area contributed by atoms with E-state index in [1.165, 1.54) is 61.0 Å². The largest absolute Gasteiger partial charge is 0.310 e. The van der Waals surface area contributed by atoms with Gasteiger partial charge in [0.1, 0.15) is 0 Å². The minimum atomic E-state index is -0.538. The van der Waals surface area contributed by atoms with Gasteiger partial charge in [0.05, 0.1) is 33.3 Å². The van der Waals surface area contributed by atoms with Crippen LogP contribution in [0.3, 0.4) is 0 Å². The number of hydrogen-bond acceptors (Lipinski definition) is 4. The molecule has 6 heteroatoms. The quantitative estimate of drug-likeness (QED) is 0.145. The maximum absolute atomic E-state index is 5.44. The second-order valence-corrected chi connectivity index (χ2v) is 22.1. The van der Waals surface area contributed by atoms with Gasteiger partial charge in [0, 0.05) is 66.7 Å². The zero-order chi connectivity index (χ0) is 55.3. The van der Waals surface area contributed by atoms with E-state index < -0.39 is 5.41 Å². The summed E-state index contributed by atoms with van der Waals surface area (Å²) in [5, 5.41) is 3.51. The van der Waals surface area contributed by atoms with Gasteiger partial charge >= 0.3 is 0 Å². The van der Waals surface area contributed by atoms with Gasteiger partial charge in [-0.15, -0.1) is 0 Å². The maximum atomic E-state index is 5.44. The molecular weight excluding hydrogens is 1020 g/mol. The number of aromatic nitrogens is 5. The van der Waals surface area contributed by atoms with Crippen LogP contribution in [0.2, 0.25) is 0 Å². The van der Waals surface area contributed by atoms with Crippen molar-refractivity contribution in [3.8, 4) is 67.8 Å². The Kier molecular flexibility index (Phi) is 10.9. The van der Waals surface area contributed by atoms with Gasteiger partial charge in [0.25, 0.3) is 0 Å². The van der Waals surface area contributed by atoms with Crippen LogP contribution < -0.4 is 4.90 Å². The third-order valence-corrected chi connectivity index (χ3v) is 17.6. The molecule has 0 N–H and O–H groups in total. The number of rotatable bonds is 9. The highest BCUT2D eigenvalue weighted by Gasteiger charge is 2.55. The van der Waals surface area contributed by atoms with Crippen molar-refractivity contribution in [2.24, 2.45) is 0 Å². The fraction of sp³-hybridized carbons (Fsp3) is 0.0385. The molecule has 0 amide bonds. The zero-order valence-electron chi connectivity index (χ0n) is 45.8. The Morgan fingerprint density at radius 1 is 0.369 bits per heavy atom. The number of anilines is 3. The summed E-state index contributed by atoms with van der Waals surface area (Å²) < 4.78 is 4.89. The topological polar surface area (TPSA) is 51.8 Å². The molecule has 6 nitrogen and oxygen atoms in total. The van der Waals surface area contributed by atoms with Crippen LogP contribution in [0, 0.1) is 0 Å². The highest BCUT2D eigenvalue weighted by Crippen LogP contribution is 2.66. The average molecular weight is 1070 g/mol. The summed E-state index contributed by atoms with van der Waals surface area (Å²) in [6.07, 6.45) is 6.71. The molecule has 0 aliphatic heterocycles. The molecule has 3 heterocycles. The van der Waals surface area contributed by atoms with Crippen molar-refractivity contribution in [3.05, 3.63) is 319 Å². The molecule has 0 saturated carbocycles. The highest BCUT2D eigenvalue weighted by molar-refractivity contribution is 6.11. The van der Waals surface area contributed by atoms with Crippen LogP contribution in [0.1, 0.15) is 35.2 Å². The Bertz CT molecular complexity index is 4970. The van der Waals surface area contributed by atoms with Crippen molar-refractivity contribution in [2.45, 2.75) is 18.3 Å². The lowest BCUT2D eigenvalue weighted by Gasteiger charge is -2.33. The maximum Gasteiger partial charge on any atom is 0.164 e. The molecule has 84 heavy (non-hydrogen) atoms. The van der Waals surface area contributed by atoms with Crippen LogP contribution in [-0.4, -0.2) is 24.1 Å². The number of para-hydroxylation sites is 4. The predicted octanol–water partition coefficient (Wildman–Crippen LogP) is 19.5. The lowest BCUT2D eigenvalue weighted by molar-refractivity contribution is 0.719. The van der Waals surface area contributed by atoms with Gasteiger partial charge in [-0.3, -0.25) is 0 Å². The fourth-order valence-corrected chi connectivity index (χ4v) is 14.2. The van der Waals surface area contributed by atoms with E-state index in [4.69, 9.17) is 15.0 Å². The third-order valence-electron chi connectivity index (χ3n) is 17.6. The Balaban J connectivity index is 0.903. The third kappa shape index (κ3) is 7.20. The molecule has 3 aliphatic carbocycles. The van der Waals surface area contributed by atoms with E-state index in [0.717, 1.165) is 85.5 Å². The normalized spacial score (nSPS) is 13.6. The van der Waals surface area contributed by atoms with Crippen LogP contribution >= 0.6 is 0 Å². The van der Waals surface area contributed by atoms with Crippen molar-refractivity contribution in [2.75, 3.05) is 4.90 Å². The smallest absolute Gasteiger partial charge is 0.164 e. The molecule has 0 fully saturated rings. The molecule has 0 unspecified atom stereocenters. The van der Waals surface area contributed by atoms with Crippen molar-refractivity contribution in [3.63, 3.8) is 0 Å². The highest BCUT2D eigenvalue weighted by atomic mass is 15.1. The van der Waals surface area contributed by atoms with Gasteiger partial charge in [-0.25, -0.2) is 15.0 Å². The van der Waals surface area contributed by atoms with E-state index in [9.17, 15) is 0 Å². The van der Waals surface area contributed by atoms with Gasteiger partial charge in [-0.2, -0.15) is 0 Å². The van der Waals surface area contributed by atoms with E-state index in [1.807, 2.05) is 18.2 Å². The van der Waals surface area contributed by atoms with Gasteiger partial charge in [0.2, 0.25) is 0 Å². The lowest BCUT2D eigenvalue weighted by atomic mass is 9.67. The number of fused-ring (bicyclic) bond motifs is 14. The van der Waals surface area contributed by atoms with Crippen molar-refractivity contribution < 1.29 is 0 Å². The molecule has 3 aromatic heterocycles. The van der Waals surface area contributed by atoms with E-state index >= 15 is 0 Å². The van der Waals surface area contributed by atoms with Crippen LogP contribution in [0.4, 0.5) is 17.1 Å². The molecule has 1 spiro atoms. The predicted molar refractivity (Wildman–Crippen MR) is 344 cm³/mol. The first-order valence-electron chi connectivity index (χ1n) is 29.0.